The molecule has 0 aromatic rings. The van der Waals surface area contributed by atoms with Crippen molar-refractivity contribution in [3.63, 3.8) is 0 Å². The third-order valence-corrected chi connectivity index (χ3v) is 4.44. The molecule has 0 spiro atoms. The zero-order chi connectivity index (χ0) is 12.0. The molecule has 96 valence electrons. The van der Waals surface area contributed by atoms with Gasteiger partial charge in [0, 0.05) is 17.3 Å². The Labute approximate surface area is 103 Å². The number of halogens is 1. The molecule has 1 rings (SSSR count). The van der Waals surface area contributed by atoms with Gasteiger partial charge in [-0.1, -0.05) is 26.2 Å². The third kappa shape index (κ3) is 6.06. The highest BCUT2D eigenvalue weighted by Crippen LogP contribution is 2.28. The Morgan fingerprint density at radius 2 is 2.12 bits per heavy atom. The molecular weight excluding hydrogens is 248 g/mol. The lowest BCUT2D eigenvalue weighted by Gasteiger charge is -2.28. The fourth-order valence-electron chi connectivity index (χ4n) is 2.25. The predicted molar refractivity (Wildman–Crippen MR) is 66.2 cm³/mol. The van der Waals surface area contributed by atoms with Crippen molar-refractivity contribution in [1.82, 2.24) is 0 Å². The Hall–Kier alpha value is 0.200. The van der Waals surface area contributed by atoms with E-state index in [0.29, 0.717) is 19.1 Å². The van der Waals surface area contributed by atoms with E-state index in [2.05, 4.69) is 6.92 Å². The number of hydrogen-bond acceptors (Lipinski definition) is 3. The molecule has 0 saturated heterocycles. The average molecular weight is 269 g/mol. The molecule has 0 aromatic heterocycles. The fourth-order valence-corrected chi connectivity index (χ4v) is 3.04. The summed E-state index contributed by atoms with van der Waals surface area (Å²) in [6.45, 7) is 2.72. The zero-order valence-electron chi connectivity index (χ0n) is 9.82. The maximum absolute atomic E-state index is 10.7. The van der Waals surface area contributed by atoms with Crippen LogP contribution in [0.3, 0.4) is 0 Å². The number of hydrogen-bond donors (Lipinski definition) is 0. The summed E-state index contributed by atoms with van der Waals surface area (Å²) in [4.78, 5) is 0. The number of ether oxygens (including phenoxy) is 1. The van der Waals surface area contributed by atoms with Crippen molar-refractivity contribution < 1.29 is 13.2 Å². The summed E-state index contributed by atoms with van der Waals surface area (Å²) in [7, 11) is 1.77. The molecule has 0 radical (unpaired) electrons. The molecule has 3 nitrogen and oxygen atoms in total. The van der Waals surface area contributed by atoms with Gasteiger partial charge in [-0.25, -0.2) is 8.42 Å². The first-order valence-electron chi connectivity index (χ1n) is 6.05. The van der Waals surface area contributed by atoms with Crippen LogP contribution >= 0.6 is 10.7 Å². The first-order valence-corrected chi connectivity index (χ1v) is 8.53. The first-order chi connectivity index (χ1) is 7.51. The van der Waals surface area contributed by atoms with E-state index < -0.39 is 9.05 Å². The summed E-state index contributed by atoms with van der Waals surface area (Å²) in [5.74, 6) is 0.800. The van der Waals surface area contributed by atoms with Crippen LogP contribution in [0.15, 0.2) is 0 Å². The minimum atomic E-state index is -3.35. The topological polar surface area (TPSA) is 43.4 Å². The minimum absolute atomic E-state index is 0.0124. The van der Waals surface area contributed by atoms with Gasteiger partial charge in [0.15, 0.2) is 0 Å². The largest absolute Gasteiger partial charge is 0.378 e. The van der Waals surface area contributed by atoms with Crippen molar-refractivity contribution in [2.24, 2.45) is 5.92 Å². The normalized spacial score (nSPS) is 26.9. The molecular formula is C11H21ClO3S. The van der Waals surface area contributed by atoms with Gasteiger partial charge < -0.3 is 4.74 Å². The van der Waals surface area contributed by atoms with Gasteiger partial charge in [-0.05, 0) is 25.2 Å². The van der Waals surface area contributed by atoms with Crippen molar-refractivity contribution in [2.75, 3.05) is 12.4 Å². The van der Waals surface area contributed by atoms with E-state index in [1.165, 1.54) is 19.3 Å². The molecule has 0 N–H and O–H groups in total. The molecule has 0 amide bonds. The van der Waals surface area contributed by atoms with Crippen molar-refractivity contribution in [1.29, 1.82) is 0 Å². The molecule has 0 aliphatic heterocycles. The van der Waals surface area contributed by atoms with Crippen LogP contribution in [0, 0.1) is 5.92 Å². The molecule has 1 fully saturated rings. The summed E-state index contributed by atoms with van der Waals surface area (Å²) in [5.41, 5.74) is 0. The maximum Gasteiger partial charge on any atom is 0.232 e. The Balaban J connectivity index is 2.13. The summed E-state index contributed by atoms with van der Waals surface area (Å²) < 4.78 is 27.1. The molecule has 0 aromatic carbocycles. The van der Waals surface area contributed by atoms with Gasteiger partial charge in [-0.15, -0.1) is 0 Å². The molecule has 2 atom stereocenters. The molecule has 1 saturated carbocycles. The van der Waals surface area contributed by atoms with E-state index in [-0.39, 0.29) is 5.75 Å². The van der Waals surface area contributed by atoms with E-state index in [0.717, 1.165) is 18.8 Å². The quantitative estimate of drug-likeness (QED) is 0.550. The van der Waals surface area contributed by atoms with Gasteiger partial charge >= 0.3 is 0 Å². The van der Waals surface area contributed by atoms with Crippen molar-refractivity contribution in [3.8, 4) is 0 Å². The number of rotatable bonds is 6. The van der Waals surface area contributed by atoms with Gasteiger partial charge in [0.2, 0.25) is 9.05 Å². The summed E-state index contributed by atoms with van der Waals surface area (Å²) in [6, 6.07) is 0. The second-order valence-corrected chi connectivity index (χ2v) is 7.43. The Kier molecular flexibility index (Phi) is 6.08. The van der Waals surface area contributed by atoms with Crippen LogP contribution in [-0.4, -0.2) is 26.9 Å². The van der Waals surface area contributed by atoms with Crippen molar-refractivity contribution in [2.45, 2.75) is 51.6 Å². The van der Waals surface area contributed by atoms with E-state index in [4.69, 9.17) is 15.4 Å². The van der Waals surface area contributed by atoms with Gasteiger partial charge in [-0.2, -0.15) is 0 Å². The zero-order valence-corrected chi connectivity index (χ0v) is 11.4. The van der Waals surface area contributed by atoms with Gasteiger partial charge in [-0.3, -0.25) is 0 Å². The second kappa shape index (κ2) is 6.82. The smallest absolute Gasteiger partial charge is 0.232 e. The maximum atomic E-state index is 10.7. The lowest BCUT2D eigenvalue weighted by Crippen LogP contribution is -2.23. The lowest BCUT2D eigenvalue weighted by atomic mass is 9.85. The van der Waals surface area contributed by atoms with E-state index in [1.54, 1.807) is 0 Å². The molecule has 1 aliphatic rings. The highest BCUT2D eigenvalue weighted by Gasteiger charge is 2.21. The monoisotopic (exact) mass is 268 g/mol. The fraction of sp³-hybridized carbons (Fsp3) is 1.00. The Morgan fingerprint density at radius 1 is 1.38 bits per heavy atom. The summed E-state index contributed by atoms with van der Waals surface area (Å²) >= 11 is 0. The molecule has 0 heterocycles. The predicted octanol–water partition coefficient (Wildman–Crippen LogP) is 2.93. The molecule has 2 unspecified atom stereocenters. The first kappa shape index (κ1) is 14.3. The average Bonchev–Trinajstić information content (AvgIpc) is 2.23. The Bertz CT molecular complexity index is 290. The highest BCUT2D eigenvalue weighted by atomic mass is 35.7. The lowest BCUT2D eigenvalue weighted by molar-refractivity contribution is 0.0132. The van der Waals surface area contributed by atoms with Crippen LogP contribution in [0.5, 0.6) is 0 Å². The van der Waals surface area contributed by atoms with Crippen LogP contribution in [0.2, 0.25) is 0 Å². The van der Waals surface area contributed by atoms with Crippen LogP contribution < -0.4 is 0 Å². The van der Waals surface area contributed by atoms with E-state index in [9.17, 15) is 8.42 Å². The molecule has 16 heavy (non-hydrogen) atoms. The van der Waals surface area contributed by atoms with Crippen molar-refractivity contribution >= 4 is 19.7 Å². The van der Waals surface area contributed by atoms with E-state index >= 15 is 0 Å². The summed E-state index contributed by atoms with van der Waals surface area (Å²) in [5, 5.41) is 0. The second-order valence-electron chi connectivity index (χ2n) is 4.53. The third-order valence-electron chi connectivity index (χ3n) is 3.20. The van der Waals surface area contributed by atoms with E-state index in [1.807, 2.05) is 0 Å². The standard InChI is InChI=1S/C11H21ClO3S/c1-2-10-5-3-6-11(9-10)15-7-4-8-16(12,13)14/h10-11H,2-9H2,1H3. The van der Waals surface area contributed by atoms with Crippen LogP contribution in [0.4, 0.5) is 0 Å². The van der Waals surface area contributed by atoms with Crippen LogP contribution in [0.1, 0.15) is 45.4 Å². The van der Waals surface area contributed by atoms with Crippen LogP contribution in [-0.2, 0) is 13.8 Å². The van der Waals surface area contributed by atoms with Crippen LogP contribution in [0.25, 0.3) is 0 Å². The summed E-state index contributed by atoms with van der Waals surface area (Å²) in [6.07, 6.45) is 6.84. The SMILES string of the molecule is CCC1CCCC(OCCCS(=O)(=O)Cl)C1. The van der Waals surface area contributed by atoms with Gasteiger partial charge in [0.25, 0.3) is 0 Å². The molecule has 1 aliphatic carbocycles. The molecule has 5 heteroatoms. The Morgan fingerprint density at radius 3 is 2.75 bits per heavy atom. The van der Waals surface area contributed by atoms with Gasteiger partial charge in [0.1, 0.15) is 0 Å². The minimum Gasteiger partial charge on any atom is -0.378 e. The highest BCUT2D eigenvalue weighted by molar-refractivity contribution is 8.13. The molecule has 0 bridgehead atoms. The van der Waals surface area contributed by atoms with Crippen molar-refractivity contribution in [3.05, 3.63) is 0 Å². The van der Waals surface area contributed by atoms with Gasteiger partial charge in [0.05, 0.1) is 11.9 Å².